The van der Waals surface area contributed by atoms with Crippen LogP contribution in [-0.2, 0) is 5.41 Å². The van der Waals surface area contributed by atoms with Crippen LogP contribution in [0.3, 0.4) is 0 Å². The topological polar surface area (TPSA) is 3.24 Å². The molecule has 1 heteroatoms. The van der Waals surface area contributed by atoms with Gasteiger partial charge in [-0.25, -0.2) is 0 Å². The van der Waals surface area contributed by atoms with Gasteiger partial charge >= 0.3 is 0 Å². The highest BCUT2D eigenvalue weighted by Gasteiger charge is 2.46. The van der Waals surface area contributed by atoms with Crippen molar-refractivity contribution in [3.05, 3.63) is 320 Å². The van der Waals surface area contributed by atoms with E-state index in [2.05, 4.69) is 302 Å². The van der Waals surface area contributed by atoms with Gasteiger partial charge in [-0.05, 0) is 135 Å². The molecule has 13 aromatic rings. The Morgan fingerprint density at radius 3 is 1.57 bits per heavy atom. The van der Waals surface area contributed by atoms with E-state index < -0.39 is 5.41 Å². The summed E-state index contributed by atoms with van der Waals surface area (Å²) in [6, 6.07) is 110. The second-order valence-electron chi connectivity index (χ2n) is 19.5. The minimum absolute atomic E-state index is 0.477. The van der Waals surface area contributed by atoms with Crippen LogP contribution in [0, 0.1) is 0 Å². The standard InChI is InChI=1S/C73H49N/c1-4-21-50(22-5-1)61-36-17-24-53-25-18-39-66(71(53)61)65-33-13-15-42-70(65)74(58-31-16-26-54(49-58)60-35-19-38-63-59-32-11-10-23-51(59)45-48-64(60)63)57-46-43-52(44-47-57)62-37-20-41-69-72(62)67-34-12-14-40-68(67)73(69,55-27-6-2-7-28-55)56-29-8-3-9-30-56/h1-49H. The number of benzene rings is 13. The molecule has 0 aromatic heterocycles. The van der Waals surface area contributed by atoms with Crippen LogP contribution in [0.15, 0.2) is 297 Å². The Morgan fingerprint density at radius 1 is 0.257 bits per heavy atom. The highest BCUT2D eigenvalue weighted by Crippen LogP contribution is 2.58. The molecule has 0 amide bonds. The SMILES string of the molecule is c1ccc(-c2cccc3cccc(-c4ccccc4N(c4ccc(-c5cccc6c5-c5ccccc5C6(c5ccccc5)c5ccccc5)cc4)c4cccc(-c5cccc6c5ccc5ccccc56)c4)c23)cc1. The Kier molecular flexibility index (Phi) is 10.5. The lowest BCUT2D eigenvalue weighted by molar-refractivity contribution is 0.768. The van der Waals surface area contributed by atoms with Crippen molar-refractivity contribution in [1.29, 1.82) is 0 Å². The van der Waals surface area contributed by atoms with Gasteiger partial charge in [0.2, 0.25) is 0 Å². The van der Waals surface area contributed by atoms with Gasteiger partial charge in [-0.2, -0.15) is 0 Å². The van der Waals surface area contributed by atoms with Crippen LogP contribution >= 0.6 is 0 Å². The molecule has 0 unspecified atom stereocenters. The number of fused-ring (bicyclic) bond motifs is 7. The smallest absolute Gasteiger partial charge is 0.0713 e. The zero-order valence-corrected chi connectivity index (χ0v) is 40.7. The summed E-state index contributed by atoms with van der Waals surface area (Å²) < 4.78 is 0. The van der Waals surface area contributed by atoms with E-state index in [4.69, 9.17) is 0 Å². The van der Waals surface area contributed by atoms with Gasteiger partial charge < -0.3 is 4.90 Å². The Labute approximate surface area is 432 Å². The summed E-state index contributed by atoms with van der Waals surface area (Å²) in [6.07, 6.45) is 0. The molecule has 0 spiro atoms. The van der Waals surface area contributed by atoms with Crippen LogP contribution in [0.25, 0.3) is 88.0 Å². The summed E-state index contributed by atoms with van der Waals surface area (Å²) in [7, 11) is 0. The van der Waals surface area contributed by atoms with Crippen molar-refractivity contribution in [2.45, 2.75) is 5.41 Å². The molecule has 0 radical (unpaired) electrons. The first kappa shape index (κ1) is 43.2. The van der Waals surface area contributed by atoms with Gasteiger partial charge in [0.15, 0.2) is 0 Å². The summed E-state index contributed by atoms with van der Waals surface area (Å²) in [5.41, 5.74) is 20.0. The number of anilines is 3. The predicted octanol–water partition coefficient (Wildman–Crippen LogP) is 19.6. The molecule has 0 atom stereocenters. The van der Waals surface area contributed by atoms with E-state index >= 15 is 0 Å². The van der Waals surface area contributed by atoms with Crippen LogP contribution < -0.4 is 4.90 Å². The molecule has 1 aliphatic rings. The lowest BCUT2D eigenvalue weighted by Crippen LogP contribution is -2.28. The fourth-order valence-corrected chi connectivity index (χ4v) is 12.4. The molecule has 346 valence electrons. The van der Waals surface area contributed by atoms with Gasteiger partial charge in [0.25, 0.3) is 0 Å². The van der Waals surface area contributed by atoms with E-state index in [1.165, 1.54) is 99.1 Å². The monoisotopic (exact) mass is 939 g/mol. The second kappa shape index (κ2) is 17.9. The second-order valence-corrected chi connectivity index (χ2v) is 19.5. The van der Waals surface area contributed by atoms with Gasteiger partial charge in [-0.15, -0.1) is 0 Å². The zero-order chi connectivity index (χ0) is 49.0. The third-order valence-electron chi connectivity index (χ3n) is 15.5. The van der Waals surface area contributed by atoms with Crippen molar-refractivity contribution >= 4 is 49.4 Å². The molecule has 14 rings (SSSR count). The van der Waals surface area contributed by atoms with Gasteiger partial charge in [0.05, 0.1) is 11.1 Å². The van der Waals surface area contributed by atoms with Crippen LogP contribution in [0.5, 0.6) is 0 Å². The Balaban J connectivity index is 0.965. The Hall–Kier alpha value is -9.56. The molecular weight excluding hydrogens is 891 g/mol. The van der Waals surface area contributed by atoms with E-state index in [0.29, 0.717) is 0 Å². The van der Waals surface area contributed by atoms with Crippen molar-refractivity contribution in [2.75, 3.05) is 4.90 Å². The fraction of sp³-hybridized carbons (Fsp3) is 0.0137. The van der Waals surface area contributed by atoms with Gasteiger partial charge in [-0.3, -0.25) is 0 Å². The van der Waals surface area contributed by atoms with Crippen molar-refractivity contribution in [2.24, 2.45) is 0 Å². The molecule has 0 bridgehead atoms. The Morgan fingerprint density at radius 2 is 0.784 bits per heavy atom. The summed E-state index contributed by atoms with van der Waals surface area (Å²) in [4.78, 5) is 2.47. The largest absolute Gasteiger partial charge is 0.310 e. The van der Waals surface area contributed by atoms with Crippen molar-refractivity contribution < 1.29 is 0 Å². The average Bonchev–Trinajstić information content (AvgIpc) is 3.82. The van der Waals surface area contributed by atoms with E-state index in [1.54, 1.807) is 0 Å². The van der Waals surface area contributed by atoms with Crippen LogP contribution in [-0.4, -0.2) is 0 Å². The quantitative estimate of drug-likeness (QED) is 0.130. The molecule has 1 nitrogen and oxygen atoms in total. The molecule has 0 saturated heterocycles. The average molecular weight is 940 g/mol. The van der Waals surface area contributed by atoms with Crippen molar-refractivity contribution in [3.63, 3.8) is 0 Å². The Bertz CT molecular complexity index is 4190. The maximum absolute atomic E-state index is 2.47. The summed E-state index contributed by atoms with van der Waals surface area (Å²) in [6.45, 7) is 0. The first-order valence-corrected chi connectivity index (χ1v) is 25.7. The third kappa shape index (κ3) is 6.93. The number of para-hydroxylation sites is 1. The summed E-state index contributed by atoms with van der Waals surface area (Å²) in [5.74, 6) is 0. The first-order chi connectivity index (χ1) is 36.7. The number of hydrogen-bond acceptors (Lipinski definition) is 1. The van der Waals surface area contributed by atoms with Crippen LogP contribution in [0.2, 0.25) is 0 Å². The maximum atomic E-state index is 2.47. The predicted molar refractivity (Wildman–Crippen MR) is 313 cm³/mol. The third-order valence-corrected chi connectivity index (χ3v) is 15.5. The molecule has 0 fully saturated rings. The highest BCUT2D eigenvalue weighted by molar-refractivity contribution is 6.13. The van der Waals surface area contributed by atoms with E-state index in [0.717, 1.165) is 28.2 Å². The van der Waals surface area contributed by atoms with Crippen molar-refractivity contribution in [1.82, 2.24) is 0 Å². The minimum Gasteiger partial charge on any atom is -0.310 e. The molecule has 13 aromatic carbocycles. The molecular formula is C73H49N. The molecule has 74 heavy (non-hydrogen) atoms. The molecule has 0 saturated carbocycles. The number of nitrogens with zero attached hydrogens (tertiary/aromatic N) is 1. The summed E-state index contributed by atoms with van der Waals surface area (Å²) in [5, 5.41) is 7.46. The number of rotatable bonds is 9. The van der Waals surface area contributed by atoms with Gasteiger partial charge in [0.1, 0.15) is 0 Å². The van der Waals surface area contributed by atoms with Gasteiger partial charge in [-0.1, -0.05) is 267 Å². The maximum Gasteiger partial charge on any atom is 0.0713 e. The first-order valence-electron chi connectivity index (χ1n) is 25.7. The van der Waals surface area contributed by atoms with Gasteiger partial charge in [0, 0.05) is 16.9 Å². The van der Waals surface area contributed by atoms with E-state index in [-0.39, 0.29) is 0 Å². The normalized spacial score (nSPS) is 12.4. The molecule has 0 aliphatic heterocycles. The zero-order valence-electron chi connectivity index (χ0n) is 40.7. The van der Waals surface area contributed by atoms with Crippen molar-refractivity contribution in [3.8, 4) is 55.6 Å². The van der Waals surface area contributed by atoms with Crippen LogP contribution in [0.1, 0.15) is 22.3 Å². The minimum atomic E-state index is -0.477. The lowest BCUT2D eigenvalue weighted by Gasteiger charge is -2.34. The van der Waals surface area contributed by atoms with E-state index in [1.807, 2.05) is 0 Å². The van der Waals surface area contributed by atoms with Crippen LogP contribution in [0.4, 0.5) is 17.1 Å². The molecule has 0 N–H and O–H groups in total. The van der Waals surface area contributed by atoms with E-state index in [9.17, 15) is 0 Å². The number of hydrogen-bond donors (Lipinski definition) is 0. The summed E-state index contributed by atoms with van der Waals surface area (Å²) >= 11 is 0. The highest BCUT2D eigenvalue weighted by atomic mass is 15.1. The fourth-order valence-electron chi connectivity index (χ4n) is 12.4. The molecule has 0 heterocycles. The molecule has 1 aliphatic carbocycles. The lowest BCUT2D eigenvalue weighted by atomic mass is 9.67.